The van der Waals surface area contributed by atoms with E-state index in [-0.39, 0.29) is 23.1 Å². The Kier molecular flexibility index (Phi) is 5.13. The quantitative estimate of drug-likeness (QED) is 0.665. The molecule has 0 aromatic heterocycles. The Labute approximate surface area is 91.4 Å². The maximum absolute atomic E-state index is 5.10. The summed E-state index contributed by atoms with van der Waals surface area (Å²) >= 11 is 3.41. The molecule has 0 radical (unpaired) electrons. The van der Waals surface area contributed by atoms with Crippen LogP contribution in [0.25, 0.3) is 0 Å². The van der Waals surface area contributed by atoms with Crippen molar-refractivity contribution in [1.82, 2.24) is 0 Å². The van der Waals surface area contributed by atoms with Crippen molar-refractivity contribution in [2.45, 2.75) is 6.92 Å². The molecular formula is C8H11BrMgO. The predicted octanol–water partition coefficient (Wildman–Crippen LogP) is 1.85. The van der Waals surface area contributed by atoms with Crippen molar-refractivity contribution in [2.24, 2.45) is 0 Å². The monoisotopic (exact) mass is 226 g/mol. The van der Waals surface area contributed by atoms with Gasteiger partial charge < -0.3 is 4.74 Å². The minimum atomic E-state index is 0. The molecule has 0 fully saturated rings. The Bertz CT molecular complexity index is 238. The third-order valence-electron chi connectivity index (χ3n) is 1.44. The van der Waals surface area contributed by atoms with Gasteiger partial charge in [0.25, 0.3) is 0 Å². The maximum Gasteiger partial charge on any atom is 0.316 e. The predicted molar refractivity (Wildman–Crippen MR) is 54.0 cm³/mol. The second-order valence-electron chi connectivity index (χ2n) is 2.07. The molecule has 0 saturated carbocycles. The fourth-order valence-electron chi connectivity index (χ4n) is 0.809. The molecule has 0 spiro atoms. The molecule has 1 rings (SSSR count). The lowest BCUT2D eigenvalue weighted by atomic mass is 10.2. The second kappa shape index (κ2) is 5.01. The van der Waals surface area contributed by atoms with Crippen LogP contribution in [0, 0.1) is 6.92 Å². The molecule has 3 heteroatoms. The molecular weight excluding hydrogens is 216 g/mol. The van der Waals surface area contributed by atoms with Gasteiger partial charge in [0.1, 0.15) is 5.75 Å². The summed E-state index contributed by atoms with van der Waals surface area (Å²) in [5.41, 5.74) is 1.14. The van der Waals surface area contributed by atoms with Crippen LogP contribution >= 0.6 is 15.9 Å². The van der Waals surface area contributed by atoms with Crippen molar-refractivity contribution < 1.29 is 4.74 Å². The summed E-state index contributed by atoms with van der Waals surface area (Å²) in [5, 5.41) is 0. The van der Waals surface area contributed by atoms with E-state index in [9.17, 15) is 0 Å². The average molecular weight is 227 g/mol. The van der Waals surface area contributed by atoms with Gasteiger partial charge in [0.05, 0.1) is 7.11 Å². The van der Waals surface area contributed by atoms with E-state index in [4.69, 9.17) is 4.74 Å². The van der Waals surface area contributed by atoms with Crippen LogP contribution < -0.4 is 4.74 Å². The third-order valence-corrected chi connectivity index (χ3v) is 2.30. The molecule has 0 N–H and O–H groups in total. The van der Waals surface area contributed by atoms with Gasteiger partial charge in [-0.25, -0.2) is 0 Å². The number of ether oxygens (including phenoxy) is 1. The van der Waals surface area contributed by atoms with Crippen LogP contribution in [0.2, 0.25) is 0 Å². The van der Waals surface area contributed by atoms with Crippen LogP contribution in [0.3, 0.4) is 0 Å². The van der Waals surface area contributed by atoms with Crippen LogP contribution in [0.15, 0.2) is 22.7 Å². The van der Waals surface area contributed by atoms with Gasteiger partial charge in [-0.15, -0.1) is 0 Å². The molecule has 58 valence electrons. The van der Waals surface area contributed by atoms with Gasteiger partial charge in [0, 0.05) is 10.0 Å². The zero-order valence-electron chi connectivity index (χ0n) is 6.02. The van der Waals surface area contributed by atoms with E-state index in [0.717, 1.165) is 15.8 Å². The number of methoxy groups -OCH3 is 1. The smallest absolute Gasteiger partial charge is 0.316 e. The van der Waals surface area contributed by atoms with E-state index in [2.05, 4.69) is 15.9 Å². The number of hydrogen-bond acceptors (Lipinski definition) is 1. The molecule has 0 amide bonds. The van der Waals surface area contributed by atoms with E-state index in [1.165, 1.54) is 0 Å². The first-order valence-electron chi connectivity index (χ1n) is 3.05. The molecule has 1 aromatic carbocycles. The SMILES string of the molecule is COc1cccc(Br)c1C.[MgH2]. The highest BCUT2D eigenvalue weighted by molar-refractivity contribution is 9.10. The highest BCUT2D eigenvalue weighted by Gasteiger charge is 1.98. The Balaban J connectivity index is 0.000001000. The van der Waals surface area contributed by atoms with E-state index < -0.39 is 0 Å². The van der Waals surface area contributed by atoms with E-state index in [0.29, 0.717) is 0 Å². The molecule has 0 aliphatic rings. The fourth-order valence-corrected chi connectivity index (χ4v) is 1.16. The molecule has 0 unspecified atom stereocenters. The molecule has 1 aromatic rings. The summed E-state index contributed by atoms with van der Waals surface area (Å²) < 4.78 is 6.19. The van der Waals surface area contributed by atoms with E-state index in [1.807, 2.05) is 25.1 Å². The Hall–Kier alpha value is 0.266. The number of hydrogen-bond donors (Lipinski definition) is 0. The van der Waals surface area contributed by atoms with Crippen LogP contribution in [0.5, 0.6) is 5.75 Å². The standard InChI is InChI=1S/C8H9BrO.Mg.2H/c1-6-7(9)4-3-5-8(6)10-2;;;/h3-5H,1-2H3;;;. The number of halogens is 1. The van der Waals surface area contributed by atoms with Crippen LogP contribution in [-0.4, -0.2) is 30.2 Å². The van der Waals surface area contributed by atoms with Gasteiger partial charge in [-0.3, -0.25) is 0 Å². The molecule has 0 atom stereocenters. The Morgan fingerprint density at radius 1 is 1.36 bits per heavy atom. The first kappa shape index (κ1) is 11.3. The minimum Gasteiger partial charge on any atom is -0.496 e. The average Bonchev–Trinajstić information content (AvgIpc) is 1.95. The largest absolute Gasteiger partial charge is 0.496 e. The summed E-state index contributed by atoms with van der Waals surface area (Å²) in [6.45, 7) is 2.02. The number of rotatable bonds is 1. The Morgan fingerprint density at radius 3 is 2.45 bits per heavy atom. The first-order valence-corrected chi connectivity index (χ1v) is 3.84. The highest BCUT2D eigenvalue weighted by atomic mass is 79.9. The van der Waals surface area contributed by atoms with Crippen LogP contribution in [0.4, 0.5) is 0 Å². The number of benzene rings is 1. The van der Waals surface area contributed by atoms with Crippen LogP contribution in [-0.2, 0) is 0 Å². The molecule has 11 heavy (non-hydrogen) atoms. The van der Waals surface area contributed by atoms with Crippen molar-refractivity contribution in [3.8, 4) is 5.75 Å². The molecule has 0 heterocycles. The van der Waals surface area contributed by atoms with Crippen molar-refractivity contribution in [1.29, 1.82) is 0 Å². The lowest BCUT2D eigenvalue weighted by Crippen LogP contribution is -1.86. The summed E-state index contributed by atoms with van der Waals surface area (Å²) in [6, 6.07) is 5.90. The van der Waals surface area contributed by atoms with Gasteiger partial charge in [0.15, 0.2) is 0 Å². The highest BCUT2D eigenvalue weighted by Crippen LogP contribution is 2.24. The molecule has 0 aliphatic carbocycles. The van der Waals surface area contributed by atoms with E-state index in [1.54, 1.807) is 7.11 Å². The lowest BCUT2D eigenvalue weighted by Gasteiger charge is -2.04. The van der Waals surface area contributed by atoms with Gasteiger partial charge in [-0.1, -0.05) is 22.0 Å². The van der Waals surface area contributed by atoms with Gasteiger partial charge in [-0.2, -0.15) is 0 Å². The normalized spacial score (nSPS) is 8.64. The van der Waals surface area contributed by atoms with Crippen molar-refractivity contribution in [2.75, 3.05) is 7.11 Å². The second-order valence-corrected chi connectivity index (χ2v) is 2.92. The van der Waals surface area contributed by atoms with Crippen LogP contribution in [0.1, 0.15) is 5.56 Å². The van der Waals surface area contributed by atoms with Gasteiger partial charge in [0.2, 0.25) is 0 Å². The third kappa shape index (κ3) is 2.65. The zero-order chi connectivity index (χ0) is 7.56. The fraction of sp³-hybridized carbons (Fsp3) is 0.250. The minimum absolute atomic E-state index is 0. The molecule has 0 saturated heterocycles. The molecule has 1 nitrogen and oxygen atoms in total. The topological polar surface area (TPSA) is 9.23 Å². The summed E-state index contributed by atoms with van der Waals surface area (Å²) in [6.07, 6.45) is 0. The molecule has 0 aliphatic heterocycles. The van der Waals surface area contributed by atoms with E-state index >= 15 is 0 Å². The lowest BCUT2D eigenvalue weighted by molar-refractivity contribution is 0.411. The summed E-state index contributed by atoms with van der Waals surface area (Å²) in [4.78, 5) is 0. The van der Waals surface area contributed by atoms with Gasteiger partial charge in [-0.05, 0) is 19.1 Å². The first-order chi connectivity index (χ1) is 4.75. The summed E-state index contributed by atoms with van der Waals surface area (Å²) in [7, 11) is 1.68. The van der Waals surface area contributed by atoms with Crippen molar-refractivity contribution in [3.63, 3.8) is 0 Å². The Morgan fingerprint density at radius 2 is 2.00 bits per heavy atom. The summed E-state index contributed by atoms with van der Waals surface area (Å²) in [5.74, 6) is 0.925. The molecule has 0 bridgehead atoms. The van der Waals surface area contributed by atoms with Gasteiger partial charge >= 0.3 is 23.1 Å². The maximum atomic E-state index is 5.10. The zero-order valence-corrected chi connectivity index (χ0v) is 7.60. The van der Waals surface area contributed by atoms with Crippen molar-refractivity contribution >= 4 is 39.0 Å². The van der Waals surface area contributed by atoms with Crippen molar-refractivity contribution in [3.05, 3.63) is 28.2 Å².